The number of ketones is 2. The van der Waals surface area contributed by atoms with Crippen molar-refractivity contribution in [3.63, 3.8) is 0 Å². The van der Waals surface area contributed by atoms with Crippen LogP contribution < -0.4 is 10.7 Å². The lowest BCUT2D eigenvalue weighted by Crippen LogP contribution is -2.21. The maximum atomic E-state index is 13.0. The number of aromatic amines is 1. The van der Waals surface area contributed by atoms with E-state index in [1.165, 1.54) is 0 Å². The summed E-state index contributed by atoms with van der Waals surface area (Å²) in [6, 6.07) is 28.1. The summed E-state index contributed by atoms with van der Waals surface area (Å²) in [5.41, 5.74) is 0.587. The summed E-state index contributed by atoms with van der Waals surface area (Å²) in [4.78, 5) is 29.0. The first kappa shape index (κ1) is 19.6. The largest absolute Gasteiger partial charge is 0.352 e. The predicted octanol–water partition coefficient (Wildman–Crippen LogP) is 3.28. The van der Waals surface area contributed by atoms with E-state index in [1.54, 1.807) is 84.9 Å². The minimum atomic E-state index is -0.436. The maximum absolute atomic E-state index is 13.0. The first-order valence-electron chi connectivity index (χ1n) is 9.50. The van der Waals surface area contributed by atoms with Crippen LogP contribution in [0.4, 0.5) is 0 Å². The normalized spacial score (nSPS) is 12.5. The van der Waals surface area contributed by atoms with E-state index in [2.05, 4.69) is 4.98 Å². The Morgan fingerprint density at radius 1 is 0.581 bits per heavy atom. The molecule has 0 aliphatic rings. The molecule has 0 spiro atoms. The van der Waals surface area contributed by atoms with E-state index >= 15 is 0 Å². The second kappa shape index (κ2) is 8.32. The first-order chi connectivity index (χ1) is 15.2. The fourth-order valence-electron chi connectivity index (χ4n) is 3.48. The van der Waals surface area contributed by atoms with E-state index in [1.807, 2.05) is 12.1 Å². The summed E-state index contributed by atoms with van der Waals surface area (Å²) < 4.78 is 0. The zero-order valence-electron chi connectivity index (χ0n) is 16.3. The smallest absolute Gasteiger partial charge is 0.205 e. The molecule has 0 atom stereocenters. The molecule has 1 aromatic heterocycles. The van der Waals surface area contributed by atoms with Gasteiger partial charge in [0.2, 0.25) is 11.6 Å². The van der Waals surface area contributed by atoms with Gasteiger partial charge in [0.15, 0.2) is 0 Å². The fourth-order valence-corrected chi connectivity index (χ4v) is 3.48. The first-order valence-corrected chi connectivity index (χ1v) is 9.50. The second-order valence-corrected chi connectivity index (χ2v) is 6.78. The highest BCUT2D eigenvalue weighted by molar-refractivity contribution is 6.30. The molecule has 0 unspecified atom stereocenters. The van der Waals surface area contributed by atoms with Crippen LogP contribution in [0.3, 0.4) is 0 Å². The zero-order chi connectivity index (χ0) is 21.8. The number of aromatic nitrogens is 1. The average molecular weight is 401 g/mol. The van der Waals surface area contributed by atoms with E-state index < -0.39 is 11.6 Å². The summed E-state index contributed by atoms with van der Waals surface area (Å²) in [7, 11) is 0. The van der Waals surface area contributed by atoms with E-state index in [0.717, 1.165) is 0 Å². The van der Waals surface area contributed by atoms with Crippen LogP contribution in [0.5, 0.6) is 0 Å². The van der Waals surface area contributed by atoms with Crippen LogP contribution >= 0.6 is 0 Å². The summed E-state index contributed by atoms with van der Waals surface area (Å²) >= 11 is 0. The quantitative estimate of drug-likeness (QED) is 0.531. The molecule has 5 heteroatoms. The highest BCUT2D eigenvalue weighted by atomic mass is 16.1. The van der Waals surface area contributed by atoms with Crippen molar-refractivity contribution >= 4 is 33.5 Å². The molecule has 4 aromatic rings. The third-order valence-corrected chi connectivity index (χ3v) is 4.97. The molecule has 1 N–H and O–H groups in total. The number of carbonyl (C=O) groups excluding carboxylic acids is 2. The van der Waals surface area contributed by atoms with Crippen molar-refractivity contribution in [3.8, 4) is 12.1 Å². The average Bonchev–Trinajstić information content (AvgIpc) is 3.20. The third kappa shape index (κ3) is 3.53. The van der Waals surface area contributed by atoms with Crippen molar-refractivity contribution in [2.45, 2.75) is 0 Å². The van der Waals surface area contributed by atoms with Crippen molar-refractivity contribution in [1.82, 2.24) is 4.98 Å². The Bertz CT molecular complexity index is 1400. The number of nitriles is 2. The van der Waals surface area contributed by atoms with Gasteiger partial charge in [-0.05, 0) is 0 Å². The summed E-state index contributed by atoms with van der Waals surface area (Å²) in [5, 5.41) is 21.3. The van der Waals surface area contributed by atoms with E-state index in [4.69, 9.17) is 0 Å². The Kier molecular flexibility index (Phi) is 5.26. The zero-order valence-corrected chi connectivity index (χ0v) is 16.3. The molecule has 146 valence electrons. The molecule has 5 nitrogen and oxygen atoms in total. The minimum Gasteiger partial charge on any atom is -0.352 e. The molecule has 0 saturated carbocycles. The molecule has 3 aromatic carbocycles. The number of rotatable bonds is 4. The van der Waals surface area contributed by atoms with Gasteiger partial charge in [0.1, 0.15) is 23.3 Å². The predicted molar refractivity (Wildman–Crippen MR) is 117 cm³/mol. The monoisotopic (exact) mass is 401 g/mol. The van der Waals surface area contributed by atoms with Gasteiger partial charge in [0, 0.05) is 21.9 Å². The van der Waals surface area contributed by atoms with E-state index in [0.29, 0.717) is 21.9 Å². The topological polar surface area (TPSA) is 97.5 Å². The number of hydrogen-bond acceptors (Lipinski definition) is 4. The van der Waals surface area contributed by atoms with E-state index in [9.17, 15) is 20.1 Å². The second-order valence-electron chi connectivity index (χ2n) is 6.78. The molecule has 0 saturated heterocycles. The molecule has 0 amide bonds. The SMILES string of the molecule is N#C/C(C(=O)c1ccccc1)=c1/[nH]/c(=C(/C#N)C(=O)c2ccccc2)c2ccccc12. The van der Waals surface area contributed by atoms with Crippen molar-refractivity contribution in [2.75, 3.05) is 0 Å². The number of H-pyrrole nitrogens is 1. The number of hydrogen-bond donors (Lipinski definition) is 1. The number of fused-ring (bicyclic) bond motifs is 1. The van der Waals surface area contributed by atoms with E-state index in [-0.39, 0.29) is 21.8 Å². The van der Waals surface area contributed by atoms with Crippen molar-refractivity contribution in [2.24, 2.45) is 0 Å². The molecular formula is C26H15N3O2. The van der Waals surface area contributed by atoms with Crippen LogP contribution in [0, 0.1) is 22.7 Å². The lowest BCUT2D eigenvalue weighted by atomic mass is 10.0. The maximum Gasteiger partial charge on any atom is 0.205 e. The molecule has 0 aliphatic carbocycles. The van der Waals surface area contributed by atoms with Gasteiger partial charge in [0.25, 0.3) is 0 Å². The Hall–Kier alpha value is -4.74. The number of carbonyl (C=O) groups is 2. The van der Waals surface area contributed by atoms with Crippen LogP contribution in [-0.2, 0) is 0 Å². The number of nitrogens with zero attached hydrogens (tertiary/aromatic N) is 2. The third-order valence-electron chi connectivity index (χ3n) is 4.97. The Morgan fingerprint density at radius 2 is 0.935 bits per heavy atom. The highest BCUT2D eigenvalue weighted by Crippen LogP contribution is 2.13. The van der Waals surface area contributed by atoms with Gasteiger partial charge >= 0.3 is 0 Å². The Labute approximate surface area is 177 Å². The molecular weight excluding hydrogens is 386 g/mol. The number of nitrogens with one attached hydrogen (secondary N) is 1. The molecule has 31 heavy (non-hydrogen) atoms. The van der Waals surface area contributed by atoms with Gasteiger partial charge in [-0.1, -0.05) is 84.9 Å². The molecule has 0 radical (unpaired) electrons. The van der Waals surface area contributed by atoms with Crippen molar-refractivity contribution in [3.05, 3.63) is 107 Å². The van der Waals surface area contributed by atoms with Crippen molar-refractivity contribution < 1.29 is 9.59 Å². The van der Waals surface area contributed by atoms with Gasteiger partial charge in [-0.2, -0.15) is 10.5 Å². The van der Waals surface area contributed by atoms with Gasteiger partial charge in [-0.15, -0.1) is 0 Å². The van der Waals surface area contributed by atoms with Crippen LogP contribution in [0.15, 0.2) is 84.9 Å². The van der Waals surface area contributed by atoms with Crippen LogP contribution in [0.1, 0.15) is 20.7 Å². The number of Topliss-reactive ketones (excluding diaryl/α,β-unsaturated/α-hetero) is 2. The van der Waals surface area contributed by atoms with Crippen LogP contribution in [-0.4, -0.2) is 16.6 Å². The Morgan fingerprint density at radius 3 is 1.29 bits per heavy atom. The summed E-state index contributed by atoms with van der Waals surface area (Å²) in [5.74, 6) is -0.871. The summed E-state index contributed by atoms with van der Waals surface area (Å²) in [6.07, 6.45) is 0. The minimum absolute atomic E-state index is 0.0851. The highest BCUT2D eigenvalue weighted by Gasteiger charge is 2.19. The molecule has 4 rings (SSSR count). The lowest BCUT2D eigenvalue weighted by Gasteiger charge is -1.98. The van der Waals surface area contributed by atoms with Crippen LogP contribution in [0.25, 0.3) is 21.9 Å². The molecule has 0 aliphatic heterocycles. The lowest BCUT2D eigenvalue weighted by molar-refractivity contribution is 0.104. The van der Waals surface area contributed by atoms with Gasteiger partial charge in [-0.3, -0.25) is 9.59 Å². The van der Waals surface area contributed by atoms with Crippen LogP contribution in [0.2, 0.25) is 0 Å². The standard InChI is InChI=1S/C26H15N3O2/c27-15-21(25(30)17-9-3-1-4-10-17)23-19-13-7-8-14-20(19)24(29-23)22(16-28)26(31)18-11-5-2-6-12-18/h1-14,29H/b23-21-,24-22-. The summed E-state index contributed by atoms with van der Waals surface area (Å²) in [6.45, 7) is 0. The molecule has 0 fully saturated rings. The molecule has 0 bridgehead atoms. The Balaban J connectivity index is 2.07. The van der Waals surface area contributed by atoms with Gasteiger partial charge < -0.3 is 4.98 Å². The van der Waals surface area contributed by atoms with Gasteiger partial charge in [0.05, 0.1) is 10.7 Å². The fraction of sp³-hybridized carbons (Fsp3) is 0. The van der Waals surface area contributed by atoms with Crippen molar-refractivity contribution in [1.29, 1.82) is 10.5 Å². The molecule has 1 heterocycles. The van der Waals surface area contributed by atoms with Gasteiger partial charge in [-0.25, -0.2) is 0 Å². The number of benzene rings is 3.